The minimum atomic E-state index is -0.429. The summed E-state index contributed by atoms with van der Waals surface area (Å²) in [6.45, 7) is 8.30. The first-order valence-corrected chi connectivity index (χ1v) is 5.74. The first kappa shape index (κ1) is 12.8. The molecule has 1 rings (SSSR count). The highest BCUT2D eigenvalue weighted by atomic mass is 35.5. The second-order valence-corrected chi connectivity index (χ2v) is 5.63. The molecule has 3 nitrogen and oxygen atoms in total. The van der Waals surface area contributed by atoms with Crippen molar-refractivity contribution in [2.24, 2.45) is 11.3 Å². The lowest BCUT2D eigenvalue weighted by atomic mass is 9.83. The Morgan fingerprint density at radius 2 is 2.27 bits per heavy atom. The van der Waals surface area contributed by atoms with Crippen LogP contribution in [0.2, 0.25) is 0 Å². The number of alkyl halides is 1. The van der Waals surface area contributed by atoms with Crippen LogP contribution < -0.4 is 0 Å². The molecular weight excluding hydrogens is 214 g/mol. The van der Waals surface area contributed by atoms with Crippen molar-refractivity contribution in [3.63, 3.8) is 0 Å². The van der Waals surface area contributed by atoms with Crippen LogP contribution in [0, 0.1) is 11.3 Å². The molecule has 1 fully saturated rings. The molecule has 0 spiro atoms. The van der Waals surface area contributed by atoms with Gasteiger partial charge in [0.15, 0.2) is 0 Å². The number of methoxy groups -OCH3 is 1. The first-order valence-electron chi connectivity index (χ1n) is 5.30. The average molecular weight is 234 g/mol. The number of likely N-dealkylation sites (tertiary alicyclic amines) is 1. The van der Waals surface area contributed by atoms with E-state index in [2.05, 4.69) is 13.8 Å². The number of halogens is 1. The van der Waals surface area contributed by atoms with Gasteiger partial charge in [0, 0.05) is 26.1 Å². The molecule has 0 aromatic carbocycles. The van der Waals surface area contributed by atoms with Crippen LogP contribution in [0.25, 0.3) is 0 Å². The van der Waals surface area contributed by atoms with Gasteiger partial charge in [-0.15, -0.1) is 11.6 Å². The summed E-state index contributed by atoms with van der Waals surface area (Å²) < 4.78 is 5.18. The Morgan fingerprint density at radius 3 is 2.73 bits per heavy atom. The highest BCUT2D eigenvalue weighted by Crippen LogP contribution is 2.35. The second kappa shape index (κ2) is 4.71. The monoisotopic (exact) mass is 233 g/mol. The van der Waals surface area contributed by atoms with E-state index in [-0.39, 0.29) is 11.3 Å². The molecule has 1 heterocycles. The number of nitrogens with zero attached hydrogens (tertiary/aromatic N) is 1. The van der Waals surface area contributed by atoms with Gasteiger partial charge in [0.1, 0.15) is 5.38 Å². The van der Waals surface area contributed by atoms with Crippen molar-refractivity contribution in [2.45, 2.75) is 26.1 Å². The Morgan fingerprint density at radius 1 is 1.67 bits per heavy atom. The summed E-state index contributed by atoms with van der Waals surface area (Å²) in [5, 5.41) is -0.429. The number of ether oxygens (including phenoxy) is 1. The molecule has 1 saturated heterocycles. The lowest BCUT2D eigenvalue weighted by molar-refractivity contribution is -0.129. The molecule has 4 heteroatoms. The predicted molar refractivity (Wildman–Crippen MR) is 61.0 cm³/mol. The molecule has 2 atom stereocenters. The molecule has 0 aliphatic carbocycles. The van der Waals surface area contributed by atoms with Crippen molar-refractivity contribution >= 4 is 17.5 Å². The normalized spacial score (nSPS) is 26.7. The number of hydrogen-bond acceptors (Lipinski definition) is 2. The van der Waals surface area contributed by atoms with Gasteiger partial charge in [-0.3, -0.25) is 4.79 Å². The summed E-state index contributed by atoms with van der Waals surface area (Å²) >= 11 is 5.80. The van der Waals surface area contributed by atoms with Crippen molar-refractivity contribution in [1.29, 1.82) is 0 Å². The molecule has 0 aromatic rings. The number of carbonyl (C=O) groups is 1. The molecule has 0 radical (unpaired) electrons. The minimum Gasteiger partial charge on any atom is -0.384 e. The second-order valence-electron chi connectivity index (χ2n) is 4.98. The first-order chi connectivity index (χ1) is 6.88. The van der Waals surface area contributed by atoms with Crippen LogP contribution in [0.15, 0.2) is 0 Å². The highest BCUT2D eigenvalue weighted by Gasteiger charge is 2.41. The molecule has 1 aliphatic heterocycles. The number of carbonyl (C=O) groups excluding carboxylic acids is 1. The molecular formula is C11H20ClNO2. The third kappa shape index (κ3) is 2.85. The van der Waals surface area contributed by atoms with Crippen LogP contribution in [-0.4, -0.2) is 43.0 Å². The maximum atomic E-state index is 11.7. The van der Waals surface area contributed by atoms with Gasteiger partial charge < -0.3 is 9.64 Å². The van der Waals surface area contributed by atoms with Crippen molar-refractivity contribution < 1.29 is 9.53 Å². The Balaban J connectivity index is 2.65. The van der Waals surface area contributed by atoms with Crippen LogP contribution in [0.3, 0.4) is 0 Å². The van der Waals surface area contributed by atoms with Crippen LogP contribution in [0.4, 0.5) is 0 Å². The number of rotatable bonds is 3. The van der Waals surface area contributed by atoms with E-state index in [4.69, 9.17) is 16.3 Å². The minimum absolute atomic E-state index is 0.0309. The van der Waals surface area contributed by atoms with Crippen molar-refractivity contribution in [3.8, 4) is 0 Å². The van der Waals surface area contributed by atoms with Crippen molar-refractivity contribution in [2.75, 3.05) is 26.8 Å². The molecule has 0 saturated carbocycles. The fourth-order valence-electron chi connectivity index (χ4n) is 2.10. The Hall–Kier alpha value is -0.280. The highest BCUT2D eigenvalue weighted by molar-refractivity contribution is 6.30. The van der Waals surface area contributed by atoms with E-state index >= 15 is 0 Å². The van der Waals surface area contributed by atoms with E-state index in [1.807, 2.05) is 4.90 Å². The van der Waals surface area contributed by atoms with Crippen LogP contribution in [0.1, 0.15) is 20.8 Å². The third-order valence-electron chi connectivity index (χ3n) is 3.16. The van der Waals surface area contributed by atoms with Gasteiger partial charge in [0.25, 0.3) is 0 Å². The van der Waals surface area contributed by atoms with E-state index < -0.39 is 5.38 Å². The smallest absolute Gasteiger partial charge is 0.240 e. The van der Waals surface area contributed by atoms with E-state index in [1.165, 1.54) is 0 Å². The maximum absolute atomic E-state index is 11.7. The molecule has 0 bridgehead atoms. The summed E-state index contributed by atoms with van der Waals surface area (Å²) in [6, 6.07) is 0. The molecule has 1 aliphatic rings. The summed E-state index contributed by atoms with van der Waals surface area (Å²) in [5.41, 5.74) is 0.122. The molecule has 15 heavy (non-hydrogen) atoms. The van der Waals surface area contributed by atoms with Gasteiger partial charge in [-0.2, -0.15) is 0 Å². The standard InChI is InChI=1S/C11H20ClNO2/c1-8(12)10(14)13-5-9(6-15-4)11(2,3)7-13/h8-9H,5-7H2,1-4H3/t8-,9-/m1/s1. The van der Waals surface area contributed by atoms with Gasteiger partial charge in [0.2, 0.25) is 5.91 Å². The van der Waals surface area contributed by atoms with Gasteiger partial charge in [-0.1, -0.05) is 13.8 Å². The molecule has 0 aromatic heterocycles. The summed E-state index contributed by atoms with van der Waals surface area (Å²) in [7, 11) is 1.70. The van der Waals surface area contributed by atoms with E-state index in [0.29, 0.717) is 12.5 Å². The zero-order valence-electron chi connectivity index (χ0n) is 9.92. The zero-order chi connectivity index (χ0) is 11.6. The lowest BCUT2D eigenvalue weighted by Gasteiger charge is -2.24. The van der Waals surface area contributed by atoms with Gasteiger partial charge >= 0.3 is 0 Å². The number of amides is 1. The van der Waals surface area contributed by atoms with Crippen LogP contribution >= 0.6 is 11.6 Å². The zero-order valence-corrected chi connectivity index (χ0v) is 10.7. The third-order valence-corrected chi connectivity index (χ3v) is 3.35. The molecule has 1 amide bonds. The summed E-state index contributed by atoms with van der Waals surface area (Å²) in [6.07, 6.45) is 0. The fourth-order valence-corrected chi connectivity index (χ4v) is 2.24. The quantitative estimate of drug-likeness (QED) is 0.695. The molecule has 0 N–H and O–H groups in total. The van der Waals surface area contributed by atoms with Crippen LogP contribution in [-0.2, 0) is 9.53 Å². The Labute approximate surface area is 96.7 Å². The predicted octanol–water partition coefficient (Wildman–Crippen LogP) is 1.74. The SMILES string of the molecule is COC[C@H]1CN(C(=O)[C@@H](C)Cl)CC1(C)C. The van der Waals surface area contributed by atoms with E-state index in [0.717, 1.165) is 13.1 Å². The molecule has 0 unspecified atom stereocenters. The van der Waals surface area contributed by atoms with Gasteiger partial charge in [-0.05, 0) is 12.3 Å². The maximum Gasteiger partial charge on any atom is 0.240 e. The van der Waals surface area contributed by atoms with Crippen LogP contribution in [0.5, 0.6) is 0 Å². The Kier molecular flexibility index (Phi) is 4.01. The van der Waals surface area contributed by atoms with Gasteiger partial charge in [-0.25, -0.2) is 0 Å². The summed E-state index contributed by atoms with van der Waals surface area (Å²) in [4.78, 5) is 13.6. The number of hydrogen-bond donors (Lipinski definition) is 0. The fraction of sp³-hybridized carbons (Fsp3) is 0.909. The van der Waals surface area contributed by atoms with E-state index in [1.54, 1.807) is 14.0 Å². The molecule has 88 valence electrons. The van der Waals surface area contributed by atoms with Gasteiger partial charge in [0.05, 0.1) is 6.61 Å². The lowest BCUT2D eigenvalue weighted by Crippen LogP contribution is -2.34. The van der Waals surface area contributed by atoms with Crippen molar-refractivity contribution in [3.05, 3.63) is 0 Å². The van der Waals surface area contributed by atoms with Crippen molar-refractivity contribution in [1.82, 2.24) is 4.90 Å². The Bertz CT molecular complexity index is 241. The largest absolute Gasteiger partial charge is 0.384 e. The topological polar surface area (TPSA) is 29.5 Å². The van der Waals surface area contributed by atoms with E-state index in [9.17, 15) is 4.79 Å². The summed E-state index contributed by atoms with van der Waals surface area (Å²) in [5.74, 6) is 0.435. The average Bonchev–Trinajstić information content (AvgIpc) is 2.41.